The molecule has 0 unspecified atom stereocenters. The van der Waals surface area contributed by atoms with Crippen molar-refractivity contribution in [3.05, 3.63) is 27.5 Å². The molecule has 1 aromatic carbocycles. The molecular weight excluding hydrogens is 260 g/mol. The van der Waals surface area contributed by atoms with Gasteiger partial charge in [0.15, 0.2) is 0 Å². The summed E-state index contributed by atoms with van der Waals surface area (Å²) in [6, 6.07) is 6.23. The van der Waals surface area contributed by atoms with Crippen molar-refractivity contribution in [2.75, 3.05) is 7.11 Å². The Labute approximate surface area is 95.8 Å². The predicted octanol–water partition coefficient (Wildman–Crippen LogP) is 4.23. The largest absolute Gasteiger partial charge is 0.497 e. The molecule has 0 aliphatic heterocycles. The highest BCUT2D eigenvalue weighted by molar-refractivity contribution is 9.11. The van der Waals surface area contributed by atoms with Gasteiger partial charge in [-0.05, 0) is 46.1 Å². The molecule has 0 N–H and O–H groups in total. The van der Waals surface area contributed by atoms with E-state index < -0.39 is 0 Å². The van der Waals surface area contributed by atoms with Crippen molar-refractivity contribution < 1.29 is 4.74 Å². The molecule has 1 aromatic heterocycles. The van der Waals surface area contributed by atoms with Crippen LogP contribution in [-0.4, -0.2) is 7.11 Å². The summed E-state index contributed by atoms with van der Waals surface area (Å²) in [6.45, 7) is 2.17. The van der Waals surface area contributed by atoms with Crippen LogP contribution in [0.15, 0.2) is 22.0 Å². The number of hydrogen-bond acceptors (Lipinski definition) is 2. The molecule has 0 atom stereocenters. The second-order valence-electron chi connectivity index (χ2n) is 3.07. The van der Waals surface area contributed by atoms with Gasteiger partial charge in [0.25, 0.3) is 0 Å². The van der Waals surface area contributed by atoms with E-state index in [2.05, 4.69) is 35.0 Å². The Kier molecular flexibility index (Phi) is 2.79. The second-order valence-corrected chi connectivity index (χ2v) is 5.44. The van der Waals surface area contributed by atoms with Gasteiger partial charge in [-0.2, -0.15) is 0 Å². The van der Waals surface area contributed by atoms with Crippen molar-refractivity contribution in [1.29, 1.82) is 0 Å². The van der Waals surface area contributed by atoms with E-state index in [-0.39, 0.29) is 0 Å². The summed E-state index contributed by atoms with van der Waals surface area (Å²) >= 11 is 5.38. The van der Waals surface area contributed by atoms with Crippen LogP contribution < -0.4 is 4.74 Å². The molecule has 0 bridgehead atoms. The molecule has 0 fully saturated rings. The SMILES string of the molecule is CCc1c(Br)sc2ccc(OC)cc12. The first-order valence-electron chi connectivity index (χ1n) is 4.51. The first kappa shape index (κ1) is 9.99. The lowest BCUT2D eigenvalue weighted by Gasteiger charge is -2.00. The second kappa shape index (κ2) is 3.91. The molecule has 0 amide bonds. The molecule has 14 heavy (non-hydrogen) atoms. The highest BCUT2D eigenvalue weighted by Gasteiger charge is 2.08. The third-order valence-electron chi connectivity index (χ3n) is 2.30. The maximum Gasteiger partial charge on any atom is 0.119 e. The maximum absolute atomic E-state index is 5.22. The van der Waals surface area contributed by atoms with Crippen LogP contribution in [0.4, 0.5) is 0 Å². The lowest BCUT2D eigenvalue weighted by atomic mass is 10.1. The Morgan fingerprint density at radius 3 is 2.86 bits per heavy atom. The quantitative estimate of drug-likeness (QED) is 0.794. The minimum Gasteiger partial charge on any atom is -0.497 e. The molecule has 2 rings (SSSR count). The zero-order valence-electron chi connectivity index (χ0n) is 8.13. The minimum absolute atomic E-state index is 0.928. The van der Waals surface area contributed by atoms with Crippen LogP contribution >= 0.6 is 27.3 Å². The summed E-state index contributed by atoms with van der Waals surface area (Å²) < 4.78 is 7.77. The Morgan fingerprint density at radius 2 is 2.21 bits per heavy atom. The van der Waals surface area contributed by atoms with Gasteiger partial charge in [0, 0.05) is 10.1 Å². The average molecular weight is 271 g/mol. The topological polar surface area (TPSA) is 9.23 Å². The molecular formula is C11H11BrOS. The highest BCUT2D eigenvalue weighted by Crippen LogP contribution is 2.37. The normalized spacial score (nSPS) is 10.8. The van der Waals surface area contributed by atoms with E-state index in [1.54, 1.807) is 18.4 Å². The standard InChI is InChI=1S/C11H11BrOS/c1-3-8-9-6-7(13-2)4-5-10(9)14-11(8)12/h4-6H,3H2,1-2H3. The fourth-order valence-corrected chi connectivity index (χ4v) is 3.57. The summed E-state index contributed by atoms with van der Waals surface area (Å²) in [6.07, 6.45) is 1.05. The van der Waals surface area contributed by atoms with Crippen LogP contribution in [0.1, 0.15) is 12.5 Å². The van der Waals surface area contributed by atoms with Gasteiger partial charge in [-0.1, -0.05) is 6.92 Å². The molecule has 0 aliphatic rings. The van der Waals surface area contributed by atoms with E-state index >= 15 is 0 Å². The summed E-state index contributed by atoms with van der Waals surface area (Å²) in [4.78, 5) is 0. The van der Waals surface area contributed by atoms with Crippen molar-refractivity contribution in [1.82, 2.24) is 0 Å². The van der Waals surface area contributed by atoms with Crippen LogP contribution in [-0.2, 0) is 6.42 Å². The fourth-order valence-electron chi connectivity index (χ4n) is 1.55. The Balaban J connectivity index is 2.71. The Morgan fingerprint density at radius 1 is 1.43 bits per heavy atom. The van der Waals surface area contributed by atoms with Crippen LogP contribution in [0.2, 0.25) is 0 Å². The number of fused-ring (bicyclic) bond motifs is 1. The zero-order chi connectivity index (χ0) is 10.1. The minimum atomic E-state index is 0.928. The van der Waals surface area contributed by atoms with E-state index in [0.717, 1.165) is 12.2 Å². The van der Waals surface area contributed by atoms with E-state index in [1.807, 2.05) is 6.07 Å². The third kappa shape index (κ3) is 1.55. The first-order valence-corrected chi connectivity index (χ1v) is 6.12. The Hall–Kier alpha value is -0.540. The summed E-state index contributed by atoms with van der Waals surface area (Å²) in [5, 5.41) is 1.31. The molecule has 0 saturated carbocycles. The molecule has 0 spiro atoms. The number of rotatable bonds is 2. The van der Waals surface area contributed by atoms with E-state index in [1.165, 1.54) is 19.4 Å². The number of thiophene rings is 1. The number of hydrogen-bond donors (Lipinski definition) is 0. The van der Waals surface area contributed by atoms with Gasteiger partial charge in [-0.15, -0.1) is 11.3 Å². The maximum atomic E-state index is 5.22. The molecule has 3 heteroatoms. The molecule has 0 radical (unpaired) electrons. The number of ether oxygens (including phenoxy) is 1. The fraction of sp³-hybridized carbons (Fsp3) is 0.273. The van der Waals surface area contributed by atoms with Crippen molar-refractivity contribution in [3.63, 3.8) is 0 Å². The molecule has 1 heterocycles. The van der Waals surface area contributed by atoms with E-state index in [0.29, 0.717) is 0 Å². The van der Waals surface area contributed by atoms with Gasteiger partial charge in [-0.25, -0.2) is 0 Å². The predicted molar refractivity (Wildman–Crippen MR) is 65.5 cm³/mol. The number of methoxy groups -OCH3 is 1. The summed E-state index contributed by atoms with van der Waals surface area (Å²) in [7, 11) is 1.70. The number of benzene rings is 1. The van der Waals surface area contributed by atoms with Gasteiger partial charge in [0.05, 0.1) is 10.9 Å². The van der Waals surface area contributed by atoms with Crippen LogP contribution in [0.5, 0.6) is 5.75 Å². The van der Waals surface area contributed by atoms with Crippen molar-refractivity contribution in [2.24, 2.45) is 0 Å². The van der Waals surface area contributed by atoms with Crippen LogP contribution in [0.25, 0.3) is 10.1 Å². The lowest BCUT2D eigenvalue weighted by Crippen LogP contribution is -1.82. The van der Waals surface area contributed by atoms with E-state index in [4.69, 9.17) is 4.74 Å². The van der Waals surface area contributed by atoms with Crippen molar-refractivity contribution in [3.8, 4) is 5.75 Å². The van der Waals surface area contributed by atoms with Gasteiger partial charge in [0.2, 0.25) is 0 Å². The van der Waals surface area contributed by atoms with E-state index in [9.17, 15) is 0 Å². The van der Waals surface area contributed by atoms with Crippen LogP contribution in [0, 0.1) is 0 Å². The molecule has 1 nitrogen and oxygen atoms in total. The van der Waals surface area contributed by atoms with Crippen LogP contribution in [0.3, 0.4) is 0 Å². The number of aryl methyl sites for hydroxylation is 1. The van der Waals surface area contributed by atoms with Gasteiger partial charge in [0.1, 0.15) is 5.75 Å². The first-order chi connectivity index (χ1) is 6.76. The summed E-state index contributed by atoms with van der Waals surface area (Å²) in [5.74, 6) is 0.928. The van der Waals surface area contributed by atoms with Crippen molar-refractivity contribution in [2.45, 2.75) is 13.3 Å². The smallest absolute Gasteiger partial charge is 0.119 e. The molecule has 0 saturated heterocycles. The Bertz CT molecular complexity index is 462. The molecule has 74 valence electrons. The zero-order valence-corrected chi connectivity index (χ0v) is 10.5. The van der Waals surface area contributed by atoms with Gasteiger partial charge >= 0.3 is 0 Å². The lowest BCUT2D eigenvalue weighted by molar-refractivity contribution is 0.415. The van der Waals surface area contributed by atoms with Gasteiger partial charge < -0.3 is 4.74 Å². The highest BCUT2D eigenvalue weighted by atomic mass is 79.9. The molecule has 0 aliphatic carbocycles. The summed E-state index contributed by atoms with van der Waals surface area (Å²) in [5.41, 5.74) is 1.38. The monoisotopic (exact) mass is 270 g/mol. The van der Waals surface area contributed by atoms with Gasteiger partial charge in [-0.3, -0.25) is 0 Å². The third-order valence-corrected chi connectivity index (χ3v) is 4.27. The molecule has 2 aromatic rings. The van der Waals surface area contributed by atoms with Crippen molar-refractivity contribution >= 4 is 37.4 Å². The number of halogens is 1. The average Bonchev–Trinajstić information content (AvgIpc) is 2.52.